The van der Waals surface area contributed by atoms with Gasteiger partial charge in [-0.05, 0) is 23.5 Å². The Morgan fingerprint density at radius 1 is 0.862 bits per heavy atom. The van der Waals surface area contributed by atoms with Crippen LogP contribution in [-0.4, -0.2) is 87.2 Å². The van der Waals surface area contributed by atoms with Crippen molar-refractivity contribution in [2.45, 2.75) is 36.9 Å². The van der Waals surface area contributed by atoms with Crippen molar-refractivity contribution in [2.75, 3.05) is 37.9 Å². The quantitative estimate of drug-likeness (QED) is 0.0966. The molecule has 2 heterocycles. The highest BCUT2D eigenvalue weighted by Gasteiger charge is 2.31. The number of rotatable bonds is 4. The molecule has 0 radical (unpaired) electrons. The van der Waals surface area contributed by atoms with Crippen molar-refractivity contribution in [3.8, 4) is 0 Å². The van der Waals surface area contributed by atoms with E-state index in [0.29, 0.717) is 74.0 Å². The highest BCUT2D eigenvalue weighted by atomic mass is 32.3. The lowest BCUT2D eigenvalue weighted by Gasteiger charge is -2.30. The highest BCUT2D eigenvalue weighted by Crippen LogP contribution is 2.25. The van der Waals surface area contributed by atoms with Gasteiger partial charge in [-0.1, -0.05) is 0 Å². The zero-order valence-electron chi connectivity index (χ0n) is 15.9. The van der Waals surface area contributed by atoms with Crippen LogP contribution >= 0.6 is 23.5 Å². The van der Waals surface area contributed by atoms with E-state index in [1.807, 2.05) is 0 Å². The molecule has 0 atom stereocenters. The van der Waals surface area contributed by atoms with Crippen molar-refractivity contribution in [1.82, 2.24) is 0 Å². The molecular formula is C14H30N4O8S3. The molecule has 0 spiro atoms. The summed E-state index contributed by atoms with van der Waals surface area (Å²) in [6.45, 7) is 2.51. The van der Waals surface area contributed by atoms with Gasteiger partial charge < -0.3 is 28.8 Å². The Bertz CT molecular complexity index is 562. The van der Waals surface area contributed by atoms with E-state index in [9.17, 15) is 10.2 Å². The number of thioether (sulfide) groups is 2. The van der Waals surface area contributed by atoms with Crippen molar-refractivity contribution in [3.05, 3.63) is 0 Å². The molecule has 2 aliphatic rings. The largest absolute Gasteiger partial charge is 0.759 e. The Kier molecular flexibility index (Phi) is 13.3. The third-order valence-electron chi connectivity index (χ3n) is 3.86. The Balaban J connectivity index is 0.000000442. The van der Waals surface area contributed by atoms with Crippen LogP contribution in [0.2, 0.25) is 0 Å². The maximum absolute atomic E-state index is 9.89. The van der Waals surface area contributed by atoms with Gasteiger partial charge in [0.15, 0.2) is 0 Å². The lowest BCUT2D eigenvalue weighted by atomic mass is 9.97. The van der Waals surface area contributed by atoms with E-state index >= 15 is 0 Å². The molecule has 0 bridgehead atoms. The smallest absolute Gasteiger partial charge is 0.299 e. The maximum Gasteiger partial charge on any atom is 0.299 e. The summed E-state index contributed by atoms with van der Waals surface area (Å²) in [5.74, 6) is 1.14. The summed E-state index contributed by atoms with van der Waals surface area (Å²) in [6.07, 6.45) is 2.70. The van der Waals surface area contributed by atoms with E-state index < -0.39 is 21.6 Å². The number of amidine groups is 2. The molecule has 0 amide bonds. The van der Waals surface area contributed by atoms with Crippen molar-refractivity contribution >= 4 is 44.3 Å². The number of nitrogens with two attached hydrogens (primary N) is 4. The molecule has 0 aromatic rings. The van der Waals surface area contributed by atoms with E-state index in [1.165, 1.54) is 23.5 Å². The summed E-state index contributed by atoms with van der Waals surface area (Å²) < 4.78 is 44.3. The number of hydrogen-bond acceptors (Lipinski definition) is 10. The van der Waals surface area contributed by atoms with Crippen molar-refractivity contribution in [3.63, 3.8) is 0 Å². The molecule has 2 fully saturated rings. The molecule has 12 nitrogen and oxygen atoms in total. The second kappa shape index (κ2) is 13.6. The SMILES string of the molecule is NC(=[NH2+])SCC1(O)CCOCC1.NC(=[NH2+])SCC1(O)CCOCC1.O=S(=O)([O-])[O-]. The molecule has 0 aromatic carbocycles. The molecule has 15 heteroatoms. The zero-order chi connectivity index (χ0) is 22.6. The highest BCUT2D eigenvalue weighted by molar-refractivity contribution is 8.13. The first-order valence-electron chi connectivity index (χ1n) is 8.53. The lowest BCUT2D eigenvalue weighted by Crippen LogP contribution is -2.46. The average molecular weight is 479 g/mol. The Morgan fingerprint density at radius 2 is 1.10 bits per heavy atom. The van der Waals surface area contributed by atoms with E-state index in [-0.39, 0.29) is 0 Å². The third kappa shape index (κ3) is 17.9. The van der Waals surface area contributed by atoms with Crippen LogP contribution in [0.15, 0.2) is 0 Å². The van der Waals surface area contributed by atoms with Crippen LogP contribution in [0.1, 0.15) is 25.7 Å². The summed E-state index contributed by atoms with van der Waals surface area (Å²) in [5, 5.41) is 31.0. The first kappa shape index (κ1) is 28.4. The van der Waals surface area contributed by atoms with Gasteiger partial charge >= 0.3 is 0 Å². The van der Waals surface area contributed by atoms with Gasteiger partial charge in [-0.3, -0.25) is 30.7 Å². The lowest BCUT2D eigenvalue weighted by molar-refractivity contribution is -0.111. The van der Waals surface area contributed by atoms with Crippen LogP contribution in [0.5, 0.6) is 0 Å². The van der Waals surface area contributed by atoms with E-state index in [4.69, 9.17) is 49.3 Å². The fraction of sp³-hybridized carbons (Fsp3) is 0.857. The first-order chi connectivity index (χ1) is 13.2. The van der Waals surface area contributed by atoms with Gasteiger partial charge in [0.25, 0.3) is 10.3 Å². The van der Waals surface area contributed by atoms with Gasteiger partial charge in [-0.25, -0.2) is 0 Å². The van der Waals surface area contributed by atoms with Gasteiger partial charge in [-0.15, -0.1) is 0 Å². The normalized spacial score (nSPS) is 20.3. The minimum absolute atomic E-state index is 0.315. The van der Waals surface area contributed by atoms with Gasteiger partial charge in [0, 0.05) is 74.0 Å². The molecule has 0 saturated carbocycles. The molecule has 172 valence electrons. The monoisotopic (exact) mass is 478 g/mol. The van der Waals surface area contributed by atoms with Gasteiger partial charge in [0.1, 0.15) is 0 Å². The maximum atomic E-state index is 9.89. The number of aliphatic hydroxyl groups is 2. The standard InChI is InChI=1S/2C7H14N2O2S.H2O4S/c2*8-6(9)12-5-7(10)1-3-11-4-2-7;1-5(2,3)4/h2*10H,1-5H2,(H3,8,9);(H2,1,2,3,4). The second-order valence-corrected chi connectivity index (χ2v) is 9.38. The van der Waals surface area contributed by atoms with Crippen LogP contribution in [0.4, 0.5) is 0 Å². The third-order valence-corrected chi connectivity index (χ3v) is 5.89. The Labute approximate surface area is 178 Å². The van der Waals surface area contributed by atoms with E-state index in [0.717, 1.165) is 0 Å². The fourth-order valence-electron chi connectivity index (χ4n) is 2.23. The van der Waals surface area contributed by atoms with E-state index in [1.54, 1.807) is 0 Å². The second-order valence-electron chi connectivity index (χ2n) is 6.46. The van der Waals surface area contributed by atoms with Crippen LogP contribution in [0.25, 0.3) is 0 Å². The van der Waals surface area contributed by atoms with Crippen LogP contribution in [0, 0.1) is 0 Å². The first-order valence-corrected chi connectivity index (χ1v) is 11.8. The predicted octanol–water partition coefficient (Wildman–Crippen LogP) is -4.67. The van der Waals surface area contributed by atoms with E-state index in [2.05, 4.69) is 0 Å². The Morgan fingerprint density at radius 3 is 1.31 bits per heavy atom. The summed E-state index contributed by atoms with van der Waals surface area (Å²) in [6, 6.07) is 0. The van der Waals surface area contributed by atoms with Crippen molar-refractivity contribution < 1.29 is 48.0 Å². The minimum Gasteiger partial charge on any atom is -0.759 e. The molecule has 2 rings (SSSR count). The molecular weight excluding hydrogens is 448 g/mol. The van der Waals surface area contributed by atoms with Gasteiger partial charge in [0.05, 0.1) is 11.2 Å². The molecule has 2 aliphatic heterocycles. The molecule has 29 heavy (non-hydrogen) atoms. The summed E-state index contributed by atoms with van der Waals surface area (Å²) in [5.41, 5.74) is 9.30. The zero-order valence-corrected chi connectivity index (χ0v) is 18.4. The molecule has 0 unspecified atom stereocenters. The van der Waals surface area contributed by atoms with Crippen LogP contribution < -0.4 is 22.3 Å². The topological polar surface area (TPSA) is 242 Å². The minimum atomic E-state index is -5.17. The summed E-state index contributed by atoms with van der Waals surface area (Å²) in [4.78, 5) is 0. The number of ether oxygens (including phenoxy) is 2. The molecule has 0 aliphatic carbocycles. The summed E-state index contributed by atoms with van der Waals surface area (Å²) in [7, 11) is -5.17. The molecule has 2 saturated heterocycles. The fourth-order valence-corrected chi connectivity index (χ4v) is 3.67. The van der Waals surface area contributed by atoms with Crippen LogP contribution in [-0.2, 0) is 19.9 Å². The van der Waals surface area contributed by atoms with Crippen molar-refractivity contribution in [1.29, 1.82) is 0 Å². The average Bonchev–Trinajstić information content (AvgIpc) is 2.59. The van der Waals surface area contributed by atoms with Gasteiger partial charge in [0.2, 0.25) is 0 Å². The van der Waals surface area contributed by atoms with Crippen LogP contribution in [0.3, 0.4) is 0 Å². The summed E-state index contributed by atoms with van der Waals surface area (Å²) >= 11 is 2.61. The Hall–Kier alpha value is -0.650. The molecule has 10 N–H and O–H groups in total. The van der Waals surface area contributed by atoms with Gasteiger partial charge in [-0.2, -0.15) is 0 Å². The van der Waals surface area contributed by atoms with Crippen molar-refractivity contribution in [2.24, 2.45) is 11.5 Å². The predicted molar refractivity (Wildman–Crippen MR) is 108 cm³/mol. The molecule has 0 aromatic heterocycles. The number of hydrogen-bond donors (Lipinski definition) is 6.